The average molecular weight is 234 g/mol. The van der Waals surface area contributed by atoms with Crippen LogP contribution in [0.5, 0.6) is 0 Å². The molecule has 92 valence electrons. The van der Waals surface area contributed by atoms with Crippen LogP contribution >= 0.6 is 0 Å². The average Bonchev–Trinajstić information content (AvgIpc) is 2.53. The Hall–Kier alpha value is -1.75. The fourth-order valence-electron chi connectivity index (χ4n) is 1.96. The maximum atomic E-state index is 11.2. The van der Waals surface area contributed by atoms with Gasteiger partial charge in [-0.3, -0.25) is 0 Å². The van der Waals surface area contributed by atoms with Gasteiger partial charge >= 0.3 is 5.69 Å². The minimum Gasteiger partial charge on any atom is -0.373 e. The Balaban J connectivity index is 2.32. The van der Waals surface area contributed by atoms with Crippen LogP contribution in [0.15, 0.2) is 23.0 Å². The minimum absolute atomic E-state index is 0.182. The highest BCUT2D eigenvalue weighted by Crippen LogP contribution is 2.19. The summed E-state index contributed by atoms with van der Waals surface area (Å²) in [7, 11) is 1.99. The lowest BCUT2D eigenvalue weighted by Gasteiger charge is -2.28. The largest absolute Gasteiger partial charge is 0.373 e. The number of nitrogens with one attached hydrogen (secondary N) is 2. The van der Waals surface area contributed by atoms with E-state index in [0.717, 1.165) is 23.3 Å². The summed E-state index contributed by atoms with van der Waals surface area (Å²) >= 11 is 0. The number of hydrogen-bond donors (Lipinski definition) is 3. The van der Waals surface area contributed by atoms with Crippen LogP contribution in [0.25, 0.3) is 11.0 Å². The smallest absolute Gasteiger partial charge is 0.323 e. The van der Waals surface area contributed by atoms with E-state index in [4.69, 9.17) is 5.73 Å². The molecule has 0 saturated heterocycles. The van der Waals surface area contributed by atoms with Gasteiger partial charge in [0.05, 0.1) is 11.0 Å². The van der Waals surface area contributed by atoms with Crippen LogP contribution in [0.4, 0.5) is 5.69 Å². The van der Waals surface area contributed by atoms with E-state index in [9.17, 15) is 4.79 Å². The molecule has 0 amide bonds. The Kier molecular flexibility index (Phi) is 2.71. The minimum atomic E-state index is -0.255. The van der Waals surface area contributed by atoms with Gasteiger partial charge in [0, 0.05) is 24.8 Å². The number of hydrogen-bond acceptors (Lipinski definition) is 3. The third-order valence-electron chi connectivity index (χ3n) is 2.59. The van der Waals surface area contributed by atoms with Crippen molar-refractivity contribution in [3.8, 4) is 0 Å². The number of aromatic nitrogens is 2. The van der Waals surface area contributed by atoms with Gasteiger partial charge in [-0.2, -0.15) is 0 Å². The number of likely N-dealkylation sites (N-methyl/N-ethyl adjacent to an activating group) is 1. The Morgan fingerprint density at radius 2 is 1.94 bits per heavy atom. The van der Waals surface area contributed by atoms with Crippen molar-refractivity contribution in [1.82, 2.24) is 9.97 Å². The van der Waals surface area contributed by atoms with E-state index in [0.29, 0.717) is 0 Å². The summed E-state index contributed by atoms with van der Waals surface area (Å²) in [4.78, 5) is 18.7. The number of nitrogens with zero attached hydrogens (tertiary/aromatic N) is 1. The molecule has 5 heteroatoms. The summed E-state index contributed by atoms with van der Waals surface area (Å²) in [5, 5.41) is 0. The predicted octanol–water partition coefficient (Wildman–Crippen LogP) is 1.03. The van der Waals surface area contributed by atoms with Gasteiger partial charge in [-0.05, 0) is 32.0 Å². The lowest BCUT2D eigenvalue weighted by molar-refractivity contribution is 0.519. The van der Waals surface area contributed by atoms with Crippen molar-refractivity contribution >= 4 is 16.7 Å². The molecule has 0 unspecified atom stereocenters. The Bertz CT molecular complexity index is 576. The summed E-state index contributed by atoms with van der Waals surface area (Å²) in [6, 6.07) is 5.80. The molecule has 4 N–H and O–H groups in total. The molecule has 1 heterocycles. The summed E-state index contributed by atoms with van der Waals surface area (Å²) < 4.78 is 0. The first-order valence-corrected chi connectivity index (χ1v) is 5.57. The molecule has 0 saturated carbocycles. The Morgan fingerprint density at radius 3 is 2.59 bits per heavy atom. The molecule has 0 atom stereocenters. The van der Waals surface area contributed by atoms with Crippen LogP contribution in [-0.2, 0) is 0 Å². The quantitative estimate of drug-likeness (QED) is 0.742. The van der Waals surface area contributed by atoms with Crippen LogP contribution in [0.3, 0.4) is 0 Å². The molecule has 0 aliphatic carbocycles. The number of aromatic amines is 2. The molecule has 0 aliphatic rings. The van der Waals surface area contributed by atoms with E-state index in [2.05, 4.69) is 14.9 Å². The molecule has 0 radical (unpaired) electrons. The predicted molar refractivity (Wildman–Crippen MR) is 70.5 cm³/mol. The number of benzene rings is 1. The number of H-pyrrole nitrogens is 2. The third-order valence-corrected chi connectivity index (χ3v) is 2.59. The van der Waals surface area contributed by atoms with E-state index in [1.165, 1.54) is 0 Å². The zero-order chi connectivity index (χ0) is 12.6. The SMILES string of the molecule is CN(CC(C)(C)N)c1ccc2[nH]c(=O)[nH]c2c1. The highest BCUT2D eigenvalue weighted by Gasteiger charge is 2.14. The van der Waals surface area contributed by atoms with Gasteiger partial charge in [-0.15, -0.1) is 0 Å². The first kappa shape index (κ1) is 11.7. The van der Waals surface area contributed by atoms with Crippen molar-refractivity contribution in [2.45, 2.75) is 19.4 Å². The van der Waals surface area contributed by atoms with E-state index in [-0.39, 0.29) is 11.2 Å². The maximum Gasteiger partial charge on any atom is 0.323 e. The normalized spacial score (nSPS) is 12.0. The van der Waals surface area contributed by atoms with Gasteiger partial charge in [0.25, 0.3) is 0 Å². The summed E-state index contributed by atoms with van der Waals surface area (Å²) in [6.07, 6.45) is 0. The van der Waals surface area contributed by atoms with Crippen molar-refractivity contribution in [1.29, 1.82) is 0 Å². The molecule has 1 aromatic heterocycles. The molecular formula is C12H18N4O. The van der Waals surface area contributed by atoms with Gasteiger partial charge in [0.15, 0.2) is 0 Å². The number of nitrogens with two attached hydrogens (primary N) is 1. The fourth-order valence-corrected chi connectivity index (χ4v) is 1.96. The van der Waals surface area contributed by atoms with E-state index in [1.807, 2.05) is 39.1 Å². The van der Waals surface area contributed by atoms with Crippen molar-refractivity contribution in [3.05, 3.63) is 28.7 Å². The third kappa shape index (κ3) is 2.68. The van der Waals surface area contributed by atoms with Crippen LogP contribution in [0, 0.1) is 0 Å². The zero-order valence-electron chi connectivity index (χ0n) is 10.4. The molecule has 1 aromatic carbocycles. The monoisotopic (exact) mass is 234 g/mol. The molecule has 0 aliphatic heterocycles. The van der Waals surface area contributed by atoms with E-state index >= 15 is 0 Å². The zero-order valence-corrected chi connectivity index (χ0v) is 10.4. The number of anilines is 1. The van der Waals surface area contributed by atoms with Gasteiger partial charge < -0.3 is 20.6 Å². The van der Waals surface area contributed by atoms with Crippen molar-refractivity contribution in [2.75, 3.05) is 18.5 Å². The standard InChI is InChI=1S/C12H18N4O/c1-12(2,13)7-16(3)8-4-5-9-10(6-8)15-11(17)14-9/h4-6H,7,13H2,1-3H3,(H2,14,15,17). The molecule has 2 aromatic rings. The second-order valence-electron chi connectivity index (χ2n) is 5.15. The van der Waals surface area contributed by atoms with Crippen LogP contribution in [0.1, 0.15) is 13.8 Å². The van der Waals surface area contributed by atoms with Gasteiger partial charge in [-0.25, -0.2) is 4.79 Å². The van der Waals surface area contributed by atoms with Gasteiger partial charge in [0.2, 0.25) is 0 Å². The molecule has 17 heavy (non-hydrogen) atoms. The van der Waals surface area contributed by atoms with Crippen molar-refractivity contribution in [2.24, 2.45) is 5.73 Å². The second kappa shape index (κ2) is 3.92. The number of rotatable bonds is 3. The first-order valence-electron chi connectivity index (χ1n) is 5.57. The van der Waals surface area contributed by atoms with Gasteiger partial charge in [0.1, 0.15) is 0 Å². The van der Waals surface area contributed by atoms with Gasteiger partial charge in [-0.1, -0.05) is 0 Å². The molecule has 0 fully saturated rings. The highest BCUT2D eigenvalue weighted by molar-refractivity contribution is 5.78. The highest BCUT2D eigenvalue weighted by atomic mass is 16.1. The molecule has 0 spiro atoms. The Morgan fingerprint density at radius 1 is 1.29 bits per heavy atom. The summed E-state index contributed by atoms with van der Waals surface area (Å²) in [5.41, 5.74) is 8.21. The van der Waals surface area contributed by atoms with Crippen LogP contribution in [-0.4, -0.2) is 29.1 Å². The topological polar surface area (TPSA) is 77.9 Å². The lowest BCUT2D eigenvalue weighted by atomic mass is 10.1. The molecular weight excluding hydrogens is 216 g/mol. The van der Waals surface area contributed by atoms with Crippen molar-refractivity contribution < 1.29 is 0 Å². The van der Waals surface area contributed by atoms with E-state index < -0.39 is 0 Å². The summed E-state index contributed by atoms with van der Waals surface area (Å²) in [5.74, 6) is 0. The van der Waals surface area contributed by atoms with Crippen molar-refractivity contribution in [3.63, 3.8) is 0 Å². The summed E-state index contributed by atoms with van der Waals surface area (Å²) in [6.45, 7) is 4.72. The molecule has 0 bridgehead atoms. The molecule has 5 nitrogen and oxygen atoms in total. The van der Waals surface area contributed by atoms with Crippen LogP contribution in [0.2, 0.25) is 0 Å². The van der Waals surface area contributed by atoms with E-state index in [1.54, 1.807) is 0 Å². The molecule has 2 rings (SSSR count). The number of imidazole rings is 1. The second-order valence-corrected chi connectivity index (χ2v) is 5.15. The van der Waals surface area contributed by atoms with Crippen LogP contribution < -0.4 is 16.3 Å². The fraction of sp³-hybridized carbons (Fsp3) is 0.417. The maximum absolute atomic E-state index is 11.2. The first-order chi connectivity index (χ1) is 7.85. The number of fused-ring (bicyclic) bond motifs is 1. The lowest BCUT2D eigenvalue weighted by Crippen LogP contribution is -2.44. The Labute approximate surface area is 99.6 Å².